The third-order valence-electron chi connectivity index (χ3n) is 5.19. The molecule has 1 fully saturated rings. The number of carbonyl (C=O) groups is 1. The summed E-state index contributed by atoms with van der Waals surface area (Å²) in [6.45, 7) is 6.20. The van der Waals surface area contributed by atoms with Gasteiger partial charge in [0.05, 0.1) is 10.5 Å². The molecule has 0 saturated carbocycles. The molecule has 1 atom stereocenters. The van der Waals surface area contributed by atoms with Crippen molar-refractivity contribution in [3.8, 4) is 6.07 Å². The van der Waals surface area contributed by atoms with Crippen LogP contribution in [0.1, 0.15) is 52.5 Å². The number of anilines is 1. The van der Waals surface area contributed by atoms with Crippen LogP contribution in [0.5, 0.6) is 0 Å². The summed E-state index contributed by atoms with van der Waals surface area (Å²) < 4.78 is 27.3. The number of sulfonamides is 1. The van der Waals surface area contributed by atoms with E-state index in [0.717, 1.165) is 29.7 Å². The van der Waals surface area contributed by atoms with Gasteiger partial charge in [-0.05, 0) is 63.4 Å². The Morgan fingerprint density at radius 1 is 1.25 bits per heavy atom. The lowest BCUT2D eigenvalue weighted by Gasteiger charge is -2.32. The van der Waals surface area contributed by atoms with Crippen molar-refractivity contribution in [1.29, 1.82) is 5.26 Å². The van der Waals surface area contributed by atoms with Crippen molar-refractivity contribution in [2.45, 2.75) is 51.0 Å². The summed E-state index contributed by atoms with van der Waals surface area (Å²) in [5.41, 5.74) is 1.67. The quantitative estimate of drug-likeness (QED) is 0.812. The fourth-order valence-electron chi connectivity index (χ4n) is 3.37. The van der Waals surface area contributed by atoms with Crippen molar-refractivity contribution < 1.29 is 13.2 Å². The summed E-state index contributed by atoms with van der Waals surface area (Å²) in [4.78, 5) is 13.7. The molecule has 148 valence electrons. The zero-order chi connectivity index (χ0) is 20.5. The fraction of sp³-hybridized carbons (Fsp3) is 0.400. The first-order valence-corrected chi connectivity index (χ1v) is 11.4. The molecule has 1 amide bonds. The Balaban J connectivity index is 1.80. The first-order valence-electron chi connectivity index (χ1n) is 9.19. The van der Waals surface area contributed by atoms with Crippen LogP contribution in [0.25, 0.3) is 0 Å². The molecule has 1 N–H and O–H groups in total. The van der Waals surface area contributed by atoms with Gasteiger partial charge in [0, 0.05) is 23.0 Å². The van der Waals surface area contributed by atoms with Crippen LogP contribution in [-0.2, 0) is 10.0 Å². The average molecular weight is 418 g/mol. The van der Waals surface area contributed by atoms with Gasteiger partial charge in [-0.2, -0.15) is 9.57 Å². The van der Waals surface area contributed by atoms with Gasteiger partial charge in [-0.15, -0.1) is 11.3 Å². The molecule has 2 aromatic rings. The van der Waals surface area contributed by atoms with E-state index in [-0.39, 0.29) is 16.8 Å². The number of piperidine rings is 1. The Kier molecular flexibility index (Phi) is 5.89. The highest BCUT2D eigenvalue weighted by Crippen LogP contribution is 2.32. The number of carbonyl (C=O) groups excluding carboxylic acids is 1. The van der Waals surface area contributed by atoms with Gasteiger partial charge in [-0.3, -0.25) is 4.79 Å². The molecule has 1 aromatic carbocycles. The molecule has 0 radical (unpaired) electrons. The maximum atomic E-state index is 12.9. The molecule has 0 unspecified atom stereocenters. The zero-order valence-electron chi connectivity index (χ0n) is 16.2. The van der Waals surface area contributed by atoms with E-state index in [1.165, 1.54) is 35.6 Å². The van der Waals surface area contributed by atoms with Gasteiger partial charge in [0.25, 0.3) is 5.91 Å². The fourth-order valence-corrected chi connectivity index (χ4v) is 6.07. The van der Waals surface area contributed by atoms with E-state index in [0.29, 0.717) is 22.7 Å². The third-order valence-corrected chi connectivity index (χ3v) is 8.34. The van der Waals surface area contributed by atoms with Crippen LogP contribution in [0.2, 0.25) is 0 Å². The molecule has 1 aliphatic rings. The van der Waals surface area contributed by atoms with Crippen LogP contribution in [-0.4, -0.2) is 31.2 Å². The van der Waals surface area contributed by atoms with E-state index < -0.39 is 10.0 Å². The predicted octanol–water partition coefficient (Wildman–Crippen LogP) is 4.05. The number of hydrogen-bond acceptors (Lipinski definition) is 5. The first-order chi connectivity index (χ1) is 13.3. The van der Waals surface area contributed by atoms with E-state index in [9.17, 15) is 18.5 Å². The summed E-state index contributed by atoms with van der Waals surface area (Å²) in [6, 6.07) is 8.07. The molecule has 28 heavy (non-hydrogen) atoms. The van der Waals surface area contributed by atoms with Crippen molar-refractivity contribution in [3.63, 3.8) is 0 Å². The highest BCUT2D eigenvalue weighted by Gasteiger charge is 2.31. The van der Waals surface area contributed by atoms with E-state index in [2.05, 4.69) is 11.4 Å². The Morgan fingerprint density at radius 3 is 2.54 bits per heavy atom. The van der Waals surface area contributed by atoms with Crippen LogP contribution in [0.15, 0.2) is 29.2 Å². The van der Waals surface area contributed by atoms with Crippen molar-refractivity contribution in [2.24, 2.45) is 0 Å². The summed E-state index contributed by atoms with van der Waals surface area (Å²) >= 11 is 1.36. The SMILES string of the molecule is Cc1sc(NC(=O)c2ccc(S(=O)(=O)N3CCCC[C@H]3C)cc2)c(C#N)c1C. The van der Waals surface area contributed by atoms with Crippen LogP contribution < -0.4 is 5.32 Å². The molecule has 6 nitrogen and oxygen atoms in total. The normalized spacial score (nSPS) is 17.9. The van der Waals surface area contributed by atoms with Crippen molar-refractivity contribution in [2.75, 3.05) is 11.9 Å². The van der Waals surface area contributed by atoms with E-state index in [1.807, 2.05) is 20.8 Å². The molecule has 2 heterocycles. The molecule has 8 heteroatoms. The molecular formula is C20H23N3O3S2. The minimum absolute atomic E-state index is 0.0172. The Bertz CT molecular complexity index is 1030. The highest BCUT2D eigenvalue weighted by molar-refractivity contribution is 7.89. The molecular weight excluding hydrogens is 394 g/mol. The minimum Gasteiger partial charge on any atom is -0.312 e. The van der Waals surface area contributed by atoms with Gasteiger partial charge in [-0.25, -0.2) is 8.42 Å². The lowest BCUT2D eigenvalue weighted by atomic mass is 10.1. The molecule has 1 aromatic heterocycles. The zero-order valence-corrected chi connectivity index (χ0v) is 17.8. The number of rotatable bonds is 4. The van der Waals surface area contributed by atoms with Crippen LogP contribution in [0, 0.1) is 25.2 Å². The van der Waals surface area contributed by atoms with Gasteiger partial charge in [-0.1, -0.05) is 6.42 Å². The Hall–Kier alpha value is -2.21. The lowest BCUT2D eigenvalue weighted by molar-refractivity contribution is 0.102. The monoisotopic (exact) mass is 417 g/mol. The number of thiophene rings is 1. The number of hydrogen-bond donors (Lipinski definition) is 1. The Labute approximate surface area is 169 Å². The second kappa shape index (κ2) is 8.03. The van der Waals surface area contributed by atoms with Gasteiger partial charge in [0.2, 0.25) is 10.0 Å². The van der Waals surface area contributed by atoms with E-state index in [4.69, 9.17) is 0 Å². The number of nitrogens with one attached hydrogen (secondary N) is 1. The molecule has 3 rings (SSSR count). The predicted molar refractivity (Wildman–Crippen MR) is 110 cm³/mol. The van der Waals surface area contributed by atoms with Gasteiger partial charge < -0.3 is 5.32 Å². The molecule has 1 saturated heterocycles. The number of benzene rings is 1. The summed E-state index contributed by atoms with van der Waals surface area (Å²) in [5, 5.41) is 12.6. The number of amides is 1. The van der Waals surface area contributed by atoms with Crippen LogP contribution in [0.3, 0.4) is 0 Å². The molecule has 0 bridgehead atoms. The topological polar surface area (TPSA) is 90.3 Å². The standard InChI is InChI=1S/C20H23N3O3S2/c1-13-6-4-5-11-23(13)28(25,26)17-9-7-16(8-10-17)19(24)22-20-18(12-21)14(2)15(3)27-20/h7-10,13H,4-6,11H2,1-3H3,(H,22,24)/t13-/m1/s1. The van der Waals surface area contributed by atoms with Crippen LogP contribution in [0.4, 0.5) is 5.00 Å². The number of nitriles is 1. The van der Waals surface area contributed by atoms with Crippen molar-refractivity contribution >= 4 is 32.3 Å². The number of aryl methyl sites for hydroxylation is 1. The third kappa shape index (κ3) is 3.83. The van der Waals surface area contributed by atoms with E-state index in [1.54, 1.807) is 4.31 Å². The Morgan fingerprint density at radius 2 is 1.93 bits per heavy atom. The minimum atomic E-state index is -3.56. The lowest BCUT2D eigenvalue weighted by Crippen LogP contribution is -2.41. The van der Waals surface area contributed by atoms with E-state index >= 15 is 0 Å². The highest BCUT2D eigenvalue weighted by atomic mass is 32.2. The molecule has 1 aliphatic heterocycles. The van der Waals surface area contributed by atoms with Gasteiger partial charge in [0.15, 0.2) is 0 Å². The maximum absolute atomic E-state index is 12.9. The second-order valence-corrected chi connectivity index (χ2v) is 10.2. The first kappa shape index (κ1) is 20.5. The summed E-state index contributed by atoms with van der Waals surface area (Å²) in [6.07, 6.45) is 2.77. The summed E-state index contributed by atoms with van der Waals surface area (Å²) in [7, 11) is -3.56. The molecule has 0 aliphatic carbocycles. The average Bonchev–Trinajstić information content (AvgIpc) is 2.94. The maximum Gasteiger partial charge on any atom is 0.256 e. The van der Waals surface area contributed by atoms with Crippen LogP contribution >= 0.6 is 11.3 Å². The number of nitrogens with zero attached hydrogens (tertiary/aromatic N) is 2. The van der Waals surface area contributed by atoms with Crippen molar-refractivity contribution in [3.05, 3.63) is 45.8 Å². The van der Waals surface area contributed by atoms with Gasteiger partial charge >= 0.3 is 0 Å². The molecule has 0 spiro atoms. The van der Waals surface area contributed by atoms with Gasteiger partial charge in [0.1, 0.15) is 11.1 Å². The second-order valence-electron chi connectivity index (χ2n) is 7.04. The summed E-state index contributed by atoms with van der Waals surface area (Å²) in [5.74, 6) is -0.368. The smallest absolute Gasteiger partial charge is 0.256 e. The van der Waals surface area contributed by atoms with Crippen molar-refractivity contribution in [1.82, 2.24) is 4.31 Å². The largest absolute Gasteiger partial charge is 0.312 e.